The summed E-state index contributed by atoms with van der Waals surface area (Å²) in [4.78, 5) is 9.17. The van der Waals surface area contributed by atoms with Gasteiger partial charge in [-0.2, -0.15) is 0 Å². The summed E-state index contributed by atoms with van der Waals surface area (Å²) in [5, 5.41) is 0. The lowest BCUT2D eigenvalue weighted by Gasteiger charge is -2.36. The smallest absolute Gasteiger partial charge is 0.146 e. The van der Waals surface area contributed by atoms with Crippen molar-refractivity contribution in [3.8, 4) is 5.82 Å². The average molecular weight is 350 g/mol. The quantitative estimate of drug-likeness (QED) is 0.718. The van der Waals surface area contributed by atoms with Crippen molar-refractivity contribution < 1.29 is 4.39 Å². The maximum Gasteiger partial charge on any atom is 0.146 e. The van der Waals surface area contributed by atoms with E-state index in [0.29, 0.717) is 5.69 Å². The van der Waals surface area contributed by atoms with Gasteiger partial charge in [-0.3, -0.25) is 4.90 Å². The van der Waals surface area contributed by atoms with Crippen molar-refractivity contribution in [3.63, 3.8) is 0 Å². The molecule has 3 heterocycles. The normalized spacial score (nSPS) is 15.4. The summed E-state index contributed by atoms with van der Waals surface area (Å²) in [6.45, 7) is 6.39. The fourth-order valence-electron chi connectivity index (χ4n) is 3.52. The van der Waals surface area contributed by atoms with Gasteiger partial charge < -0.3 is 9.47 Å². The molecule has 4 nitrogen and oxygen atoms in total. The molecule has 1 fully saturated rings. The zero-order chi connectivity index (χ0) is 17.9. The van der Waals surface area contributed by atoms with Crippen LogP contribution in [0.15, 0.2) is 60.8 Å². The zero-order valence-corrected chi connectivity index (χ0v) is 15.0. The van der Waals surface area contributed by atoms with Crippen molar-refractivity contribution in [3.05, 3.63) is 78.0 Å². The third-order valence-corrected chi connectivity index (χ3v) is 4.90. The van der Waals surface area contributed by atoms with Crippen LogP contribution in [0.1, 0.15) is 11.4 Å². The first kappa shape index (κ1) is 16.8. The van der Waals surface area contributed by atoms with Crippen LogP contribution in [-0.4, -0.2) is 40.6 Å². The summed E-state index contributed by atoms with van der Waals surface area (Å²) in [7, 11) is 0. The van der Waals surface area contributed by atoms with Crippen LogP contribution in [0.5, 0.6) is 0 Å². The molecular weight excluding hydrogens is 327 g/mol. The summed E-state index contributed by atoms with van der Waals surface area (Å²) in [5.41, 5.74) is 2.95. The van der Waals surface area contributed by atoms with E-state index in [-0.39, 0.29) is 5.82 Å². The van der Waals surface area contributed by atoms with E-state index in [0.717, 1.165) is 44.2 Å². The Morgan fingerprint density at radius 3 is 2.50 bits per heavy atom. The number of aromatic nitrogens is 2. The van der Waals surface area contributed by atoms with Crippen LogP contribution < -0.4 is 4.90 Å². The third-order valence-electron chi connectivity index (χ3n) is 4.90. The van der Waals surface area contributed by atoms with Gasteiger partial charge in [0.2, 0.25) is 0 Å². The van der Waals surface area contributed by atoms with Gasteiger partial charge in [-0.05, 0) is 43.3 Å². The topological polar surface area (TPSA) is 24.3 Å². The predicted molar refractivity (Wildman–Crippen MR) is 102 cm³/mol. The Labute approximate surface area is 153 Å². The molecule has 5 heteroatoms. The minimum Gasteiger partial charge on any atom is -0.367 e. The van der Waals surface area contributed by atoms with Crippen molar-refractivity contribution in [2.24, 2.45) is 0 Å². The van der Waals surface area contributed by atoms with Crippen molar-refractivity contribution in [1.29, 1.82) is 0 Å². The number of rotatable bonds is 4. The molecule has 1 aromatic carbocycles. The SMILES string of the molecule is Cc1cccc(-n2cccc2CN2CCN(c3ccccc3F)CC2)n1. The van der Waals surface area contributed by atoms with Gasteiger partial charge in [0.25, 0.3) is 0 Å². The van der Waals surface area contributed by atoms with Crippen molar-refractivity contribution in [2.45, 2.75) is 13.5 Å². The van der Waals surface area contributed by atoms with Crippen LogP contribution in [-0.2, 0) is 6.54 Å². The molecule has 1 aliphatic heterocycles. The van der Waals surface area contributed by atoms with Crippen molar-refractivity contribution >= 4 is 5.69 Å². The third kappa shape index (κ3) is 3.48. The monoisotopic (exact) mass is 350 g/mol. The van der Waals surface area contributed by atoms with Gasteiger partial charge >= 0.3 is 0 Å². The largest absolute Gasteiger partial charge is 0.367 e. The summed E-state index contributed by atoms with van der Waals surface area (Å²) in [5.74, 6) is 0.815. The molecule has 26 heavy (non-hydrogen) atoms. The average Bonchev–Trinajstić information content (AvgIpc) is 3.11. The molecule has 0 aliphatic carbocycles. The predicted octanol–water partition coefficient (Wildman–Crippen LogP) is 3.64. The first-order valence-electron chi connectivity index (χ1n) is 9.03. The molecule has 0 spiro atoms. The van der Waals surface area contributed by atoms with Gasteiger partial charge in [0.05, 0.1) is 5.69 Å². The molecular formula is C21H23FN4. The summed E-state index contributed by atoms with van der Waals surface area (Å²) < 4.78 is 16.1. The first-order chi connectivity index (χ1) is 12.7. The van der Waals surface area contributed by atoms with Crippen LogP contribution in [0.3, 0.4) is 0 Å². The second-order valence-corrected chi connectivity index (χ2v) is 6.72. The number of para-hydroxylation sites is 1. The Morgan fingerprint density at radius 1 is 0.923 bits per heavy atom. The summed E-state index contributed by atoms with van der Waals surface area (Å²) in [6, 6.07) is 17.3. The highest BCUT2D eigenvalue weighted by molar-refractivity contribution is 5.48. The van der Waals surface area contributed by atoms with E-state index in [9.17, 15) is 4.39 Å². The number of hydrogen-bond acceptors (Lipinski definition) is 3. The highest BCUT2D eigenvalue weighted by Gasteiger charge is 2.20. The van der Waals surface area contributed by atoms with Crippen molar-refractivity contribution in [2.75, 3.05) is 31.1 Å². The van der Waals surface area contributed by atoms with Gasteiger partial charge in [-0.15, -0.1) is 0 Å². The molecule has 0 atom stereocenters. The van der Waals surface area contributed by atoms with E-state index in [2.05, 4.69) is 37.7 Å². The number of pyridine rings is 1. The Bertz CT molecular complexity index is 881. The fourth-order valence-corrected chi connectivity index (χ4v) is 3.52. The van der Waals surface area contributed by atoms with Crippen LogP contribution >= 0.6 is 0 Å². The molecule has 134 valence electrons. The molecule has 0 bridgehead atoms. The lowest BCUT2D eigenvalue weighted by Crippen LogP contribution is -2.46. The summed E-state index contributed by atoms with van der Waals surface area (Å²) >= 11 is 0. The molecule has 0 amide bonds. The van der Waals surface area contributed by atoms with E-state index in [1.807, 2.05) is 37.3 Å². The zero-order valence-electron chi connectivity index (χ0n) is 15.0. The number of hydrogen-bond donors (Lipinski definition) is 0. The first-order valence-corrected chi connectivity index (χ1v) is 9.03. The molecule has 2 aromatic heterocycles. The van der Waals surface area contributed by atoms with Gasteiger partial charge in [0.1, 0.15) is 11.6 Å². The molecule has 1 aliphatic rings. The highest BCUT2D eigenvalue weighted by atomic mass is 19.1. The lowest BCUT2D eigenvalue weighted by molar-refractivity contribution is 0.245. The lowest BCUT2D eigenvalue weighted by atomic mass is 10.2. The molecule has 3 aromatic rings. The number of benzene rings is 1. The maximum atomic E-state index is 14.0. The maximum absolute atomic E-state index is 14.0. The minimum atomic E-state index is -0.139. The fraction of sp³-hybridized carbons (Fsp3) is 0.286. The Hall–Kier alpha value is -2.66. The molecule has 1 saturated heterocycles. The van der Waals surface area contributed by atoms with Gasteiger partial charge in [-0.1, -0.05) is 18.2 Å². The molecule has 0 N–H and O–H groups in total. The van der Waals surface area contributed by atoms with Crippen LogP contribution in [0, 0.1) is 12.7 Å². The number of aryl methyl sites for hydroxylation is 1. The molecule has 4 rings (SSSR count). The summed E-state index contributed by atoms with van der Waals surface area (Å²) in [6.07, 6.45) is 2.06. The highest BCUT2D eigenvalue weighted by Crippen LogP contribution is 2.21. The van der Waals surface area contributed by atoms with E-state index in [1.165, 1.54) is 11.8 Å². The Balaban J connectivity index is 1.43. The van der Waals surface area contributed by atoms with Gasteiger partial charge in [-0.25, -0.2) is 9.37 Å². The standard InChI is InChI=1S/C21H23FN4/c1-17-6-4-10-21(23-17)26-11-5-7-18(26)16-24-12-14-25(15-13-24)20-9-3-2-8-19(20)22/h2-11H,12-16H2,1H3. The van der Waals surface area contributed by atoms with Crippen LogP contribution in [0.2, 0.25) is 0 Å². The number of nitrogens with zero attached hydrogens (tertiary/aromatic N) is 4. The van der Waals surface area contributed by atoms with E-state index >= 15 is 0 Å². The van der Waals surface area contributed by atoms with E-state index in [4.69, 9.17) is 0 Å². The Kier molecular flexibility index (Phi) is 4.71. The van der Waals surface area contributed by atoms with E-state index in [1.54, 1.807) is 6.07 Å². The molecule has 0 unspecified atom stereocenters. The minimum absolute atomic E-state index is 0.139. The number of anilines is 1. The van der Waals surface area contributed by atoms with Crippen LogP contribution in [0.25, 0.3) is 5.82 Å². The number of piperazine rings is 1. The van der Waals surface area contributed by atoms with Crippen LogP contribution in [0.4, 0.5) is 10.1 Å². The molecule has 0 radical (unpaired) electrons. The van der Waals surface area contributed by atoms with Gasteiger partial charge in [0, 0.05) is 50.3 Å². The van der Waals surface area contributed by atoms with E-state index < -0.39 is 0 Å². The second-order valence-electron chi connectivity index (χ2n) is 6.72. The number of halogens is 1. The second kappa shape index (κ2) is 7.30. The van der Waals surface area contributed by atoms with Gasteiger partial charge in [0.15, 0.2) is 0 Å². The van der Waals surface area contributed by atoms with Crippen molar-refractivity contribution in [1.82, 2.24) is 14.5 Å². The Morgan fingerprint density at radius 2 is 1.73 bits per heavy atom. The molecule has 0 saturated carbocycles.